The Labute approximate surface area is 176 Å². The van der Waals surface area contributed by atoms with Crippen LogP contribution < -0.4 is 15.8 Å². The van der Waals surface area contributed by atoms with Crippen LogP contribution >= 0.6 is 0 Å². The van der Waals surface area contributed by atoms with Gasteiger partial charge < -0.3 is 15.8 Å². The van der Waals surface area contributed by atoms with Crippen molar-refractivity contribution in [2.24, 2.45) is 0 Å². The van der Waals surface area contributed by atoms with Crippen LogP contribution in [-0.2, 0) is 0 Å². The average Bonchev–Trinajstić information content (AvgIpc) is 2.75. The SMILES string of the molecule is Cc1cc(C)cc(Oc2ncnc(NC(c3ccccc3)c3ccccc3)c2N)c1. The highest BCUT2D eigenvalue weighted by Crippen LogP contribution is 2.33. The highest BCUT2D eigenvalue weighted by molar-refractivity contribution is 5.68. The van der Waals surface area contributed by atoms with Crippen LogP contribution in [0, 0.1) is 13.8 Å². The van der Waals surface area contributed by atoms with E-state index in [0.29, 0.717) is 23.1 Å². The van der Waals surface area contributed by atoms with Crippen molar-refractivity contribution in [1.29, 1.82) is 0 Å². The summed E-state index contributed by atoms with van der Waals surface area (Å²) in [5.41, 5.74) is 11.2. The smallest absolute Gasteiger partial charge is 0.248 e. The summed E-state index contributed by atoms with van der Waals surface area (Å²) in [6.45, 7) is 4.06. The maximum Gasteiger partial charge on any atom is 0.248 e. The van der Waals surface area contributed by atoms with E-state index in [1.165, 1.54) is 6.33 Å². The Morgan fingerprint density at radius 1 is 0.800 bits per heavy atom. The number of benzene rings is 3. The van der Waals surface area contributed by atoms with Crippen molar-refractivity contribution in [3.05, 3.63) is 107 Å². The van der Waals surface area contributed by atoms with Gasteiger partial charge in [-0.2, -0.15) is 4.98 Å². The zero-order valence-electron chi connectivity index (χ0n) is 17.0. The molecule has 1 aromatic heterocycles. The molecule has 0 aliphatic heterocycles. The first-order valence-electron chi connectivity index (χ1n) is 9.83. The molecule has 0 amide bonds. The number of nitrogen functional groups attached to an aromatic ring is 1. The number of nitrogens with two attached hydrogens (primary N) is 1. The van der Waals surface area contributed by atoms with Crippen LogP contribution in [0.2, 0.25) is 0 Å². The number of anilines is 2. The Hall–Kier alpha value is -3.86. The monoisotopic (exact) mass is 396 g/mol. The van der Waals surface area contributed by atoms with Gasteiger partial charge in [0, 0.05) is 0 Å². The fourth-order valence-corrected chi connectivity index (χ4v) is 3.47. The van der Waals surface area contributed by atoms with Gasteiger partial charge in [-0.1, -0.05) is 66.7 Å². The van der Waals surface area contributed by atoms with Crippen molar-refractivity contribution in [1.82, 2.24) is 9.97 Å². The van der Waals surface area contributed by atoms with Gasteiger partial charge in [-0.05, 0) is 48.2 Å². The van der Waals surface area contributed by atoms with E-state index >= 15 is 0 Å². The Bertz CT molecular complexity index is 1070. The lowest BCUT2D eigenvalue weighted by Gasteiger charge is -2.21. The Morgan fingerprint density at radius 3 is 1.93 bits per heavy atom. The van der Waals surface area contributed by atoms with Gasteiger partial charge in [-0.3, -0.25) is 0 Å². The molecule has 3 N–H and O–H groups in total. The van der Waals surface area contributed by atoms with Crippen molar-refractivity contribution in [2.75, 3.05) is 11.1 Å². The molecule has 4 rings (SSSR count). The van der Waals surface area contributed by atoms with E-state index < -0.39 is 0 Å². The van der Waals surface area contributed by atoms with Gasteiger partial charge in [-0.15, -0.1) is 0 Å². The van der Waals surface area contributed by atoms with Gasteiger partial charge in [0.1, 0.15) is 17.8 Å². The summed E-state index contributed by atoms with van der Waals surface area (Å²) in [4.78, 5) is 8.63. The number of rotatable bonds is 6. The predicted octanol–water partition coefficient (Wildman–Crippen LogP) is 5.67. The molecular formula is C25H24N4O. The Balaban J connectivity index is 1.67. The summed E-state index contributed by atoms with van der Waals surface area (Å²) >= 11 is 0. The standard InChI is InChI=1S/C25H24N4O/c1-17-13-18(2)15-21(14-17)30-25-22(26)24(27-16-28-25)29-23(19-9-5-3-6-10-19)20-11-7-4-8-12-20/h3-16,23H,26H2,1-2H3,(H,27,28,29). The maximum atomic E-state index is 6.40. The number of aromatic nitrogens is 2. The molecule has 0 radical (unpaired) electrons. The van der Waals surface area contributed by atoms with Gasteiger partial charge in [0.05, 0.1) is 6.04 Å². The normalized spacial score (nSPS) is 10.8. The quantitative estimate of drug-likeness (QED) is 0.439. The van der Waals surface area contributed by atoms with Crippen LogP contribution in [-0.4, -0.2) is 9.97 Å². The Morgan fingerprint density at radius 2 is 1.37 bits per heavy atom. The van der Waals surface area contributed by atoms with Gasteiger partial charge in [0.25, 0.3) is 0 Å². The molecule has 0 aliphatic carbocycles. The second kappa shape index (κ2) is 8.66. The minimum Gasteiger partial charge on any atom is -0.437 e. The summed E-state index contributed by atoms with van der Waals surface area (Å²) in [6, 6.07) is 26.3. The zero-order chi connectivity index (χ0) is 20.9. The van der Waals surface area contributed by atoms with Crippen LogP contribution in [0.25, 0.3) is 0 Å². The van der Waals surface area contributed by atoms with E-state index in [2.05, 4.69) is 45.6 Å². The third-order valence-electron chi connectivity index (χ3n) is 4.80. The molecule has 5 nitrogen and oxygen atoms in total. The van der Waals surface area contributed by atoms with E-state index in [0.717, 1.165) is 22.3 Å². The molecule has 0 atom stereocenters. The third-order valence-corrected chi connectivity index (χ3v) is 4.80. The first-order chi connectivity index (χ1) is 14.6. The molecule has 0 aliphatic rings. The lowest BCUT2D eigenvalue weighted by molar-refractivity contribution is 0.463. The third kappa shape index (κ3) is 4.41. The molecule has 0 fully saturated rings. The van der Waals surface area contributed by atoms with E-state index in [1.807, 2.05) is 62.4 Å². The van der Waals surface area contributed by atoms with E-state index in [9.17, 15) is 0 Å². The molecule has 0 spiro atoms. The molecule has 3 aromatic carbocycles. The van der Waals surface area contributed by atoms with E-state index in [1.54, 1.807) is 0 Å². The average molecular weight is 396 g/mol. The van der Waals surface area contributed by atoms with Gasteiger partial charge in [-0.25, -0.2) is 4.98 Å². The second-order valence-corrected chi connectivity index (χ2v) is 7.27. The van der Waals surface area contributed by atoms with Crippen molar-refractivity contribution < 1.29 is 4.74 Å². The van der Waals surface area contributed by atoms with Gasteiger partial charge in [0.15, 0.2) is 5.82 Å². The minimum absolute atomic E-state index is 0.112. The van der Waals surface area contributed by atoms with Gasteiger partial charge in [0.2, 0.25) is 5.88 Å². The largest absolute Gasteiger partial charge is 0.437 e. The molecule has 150 valence electrons. The first-order valence-corrected chi connectivity index (χ1v) is 9.83. The van der Waals surface area contributed by atoms with Crippen LogP contribution in [0.1, 0.15) is 28.3 Å². The van der Waals surface area contributed by atoms with Crippen molar-refractivity contribution in [3.8, 4) is 11.6 Å². The molecule has 5 heteroatoms. The molecule has 0 saturated heterocycles. The Kier molecular flexibility index (Phi) is 5.61. The fourth-order valence-electron chi connectivity index (χ4n) is 3.47. The number of aryl methyl sites for hydroxylation is 2. The topological polar surface area (TPSA) is 73.1 Å². The molecular weight excluding hydrogens is 372 g/mol. The predicted molar refractivity (Wildman–Crippen MR) is 121 cm³/mol. The van der Waals surface area contributed by atoms with Crippen molar-refractivity contribution >= 4 is 11.5 Å². The fraction of sp³-hybridized carbons (Fsp3) is 0.120. The van der Waals surface area contributed by atoms with Crippen molar-refractivity contribution in [2.45, 2.75) is 19.9 Å². The molecule has 1 heterocycles. The number of hydrogen-bond donors (Lipinski definition) is 2. The van der Waals surface area contributed by atoms with Gasteiger partial charge >= 0.3 is 0 Å². The summed E-state index contributed by atoms with van der Waals surface area (Å²) in [5, 5.41) is 3.47. The highest BCUT2D eigenvalue weighted by Gasteiger charge is 2.18. The second-order valence-electron chi connectivity index (χ2n) is 7.27. The summed E-state index contributed by atoms with van der Waals surface area (Å²) in [7, 11) is 0. The van der Waals surface area contributed by atoms with E-state index in [4.69, 9.17) is 10.5 Å². The lowest BCUT2D eigenvalue weighted by atomic mass is 9.99. The molecule has 4 aromatic rings. The molecule has 30 heavy (non-hydrogen) atoms. The summed E-state index contributed by atoms with van der Waals surface area (Å²) in [6.07, 6.45) is 1.46. The molecule has 0 bridgehead atoms. The van der Waals surface area contributed by atoms with Crippen molar-refractivity contribution in [3.63, 3.8) is 0 Å². The lowest BCUT2D eigenvalue weighted by Crippen LogP contribution is -2.15. The van der Waals surface area contributed by atoms with Crippen LogP contribution in [0.15, 0.2) is 85.2 Å². The number of nitrogens with zero attached hydrogens (tertiary/aromatic N) is 2. The van der Waals surface area contributed by atoms with Crippen LogP contribution in [0.4, 0.5) is 11.5 Å². The maximum absolute atomic E-state index is 6.40. The number of nitrogens with one attached hydrogen (secondary N) is 1. The summed E-state index contributed by atoms with van der Waals surface area (Å²) in [5.74, 6) is 1.56. The van der Waals surface area contributed by atoms with E-state index in [-0.39, 0.29) is 6.04 Å². The van der Waals surface area contributed by atoms with Crippen LogP contribution in [0.5, 0.6) is 11.6 Å². The number of ether oxygens (including phenoxy) is 1. The highest BCUT2D eigenvalue weighted by atomic mass is 16.5. The first kappa shape index (κ1) is 19.5. The van der Waals surface area contributed by atoms with Crippen LogP contribution in [0.3, 0.4) is 0 Å². The summed E-state index contributed by atoms with van der Waals surface area (Å²) < 4.78 is 5.99. The molecule has 0 saturated carbocycles. The molecule has 0 unspecified atom stereocenters. The number of hydrogen-bond acceptors (Lipinski definition) is 5. The zero-order valence-corrected chi connectivity index (χ0v) is 17.0. The minimum atomic E-state index is -0.112.